The van der Waals surface area contributed by atoms with E-state index in [1.807, 2.05) is 5.32 Å². The average molecular weight is 346 g/mol. The van der Waals surface area contributed by atoms with Crippen molar-refractivity contribution in [2.75, 3.05) is 33.4 Å². The molecule has 0 radical (unpaired) electrons. The van der Waals surface area contributed by atoms with Gasteiger partial charge in [-0.1, -0.05) is 0 Å². The molecule has 1 saturated heterocycles. The molecule has 24 heavy (non-hydrogen) atoms. The summed E-state index contributed by atoms with van der Waals surface area (Å²) in [6.45, 7) is -0.156. The number of morpholine rings is 1. The van der Waals surface area contributed by atoms with Crippen molar-refractivity contribution < 1.29 is 32.2 Å². The van der Waals surface area contributed by atoms with Crippen LogP contribution in [-0.4, -0.2) is 62.3 Å². The fourth-order valence-corrected chi connectivity index (χ4v) is 2.40. The van der Waals surface area contributed by atoms with E-state index >= 15 is 0 Å². The molecular weight excluding hydrogens is 329 g/mol. The number of aldehydes is 1. The second-order valence-electron chi connectivity index (χ2n) is 5.16. The minimum atomic E-state index is -4.98. The zero-order valence-electron chi connectivity index (χ0n) is 12.9. The summed E-state index contributed by atoms with van der Waals surface area (Å²) < 4.78 is 50.8. The number of amides is 1. The van der Waals surface area contributed by atoms with Crippen LogP contribution in [0.1, 0.15) is 10.4 Å². The molecule has 0 saturated carbocycles. The number of halogens is 3. The molecule has 0 bridgehead atoms. The summed E-state index contributed by atoms with van der Waals surface area (Å²) in [6.07, 6.45) is -5.26. The number of hydrogen-bond acceptors (Lipinski definition) is 5. The average Bonchev–Trinajstić information content (AvgIpc) is 2.59. The summed E-state index contributed by atoms with van der Waals surface area (Å²) in [4.78, 5) is 24.5. The summed E-state index contributed by atoms with van der Waals surface area (Å²) in [5.41, 5.74) is -3.10. The SMILES string of the molecule is COc1ccc(C(=O)NC(C=O)(N2CCOCC2)C(F)(F)F)cc1. The Morgan fingerprint density at radius 3 is 2.29 bits per heavy atom. The molecule has 0 aliphatic carbocycles. The molecule has 1 aliphatic heterocycles. The third-order valence-corrected chi connectivity index (χ3v) is 3.77. The summed E-state index contributed by atoms with van der Waals surface area (Å²) in [5.74, 6) is -0.550. The van der Waals surface area contributed by atoms with Gasteiger partial charge in [0, 0.05) is 18.7 Å². The zero-order chi connectivity index (χ0) is 17.8. The summed E-state index contributed by atoms with van der Waals surface area (Å²) in [6, 6.07) is 5.53. The van der Waals surface area contributed by atoms with Crippen molar-refractivity contribution in [3.63, 3.8) is 0 Å². The van der Waals surface area contributed by atoms with Gasteiger partial charge in [0.2, 0.25) is 5.66 Å². The highest BCUT2D eigenvalue weighted by Crippen LogP contribution is 2.33. The molecule has 0 spiro atoms. The van der Waals surface area contributed by atoms with E-state index in [-0.39, 0.29) is 38.2 Å². The molecule has 6 nitrogen and oxygen atoms in total. The summed E-state index contributed by atoms with van der Waals surface area (Å²) >= 11 is 0. The van der Waals surface area contributed by atoms with Gasteiger partial charge in [-0.15, -0.1) is 0 Å². The van der Waals surface area contributed by atoms with E-state index in [1.54, 1.807) is 0 Å². The van der Waals surface area contributed by atoms with Crippen LogP contribution in [0.25, 0.3) is 0 Å². The van der Waals surface area contributed by atoms with Gasteiger partial charge in [0.25, 0.3) is 5.91 Å². The highest BCUT2D eigenvalue weighted by Gasteiger charge is 2.60. The third-order valence-electron chi connectivity index (χ3n) is 3.77. The fraction of sp³-hybridized carbons (Fsp3) is 0.467. The molecule has 0 aromatic heterocycles. The van der Waals surface area contributed by atoms with Crippen molar-refractivity contribution in [3.8, 4) is 5.75 Å². The van der Waals surface area contributed by atoms with E-state index in [9.17, 15) is 22.8 Å². The first-order valence-corrected chi connectivity index (χ1v) is 7.16. The van der Waals surface area contributed by atoms with Crippen molar-refractivity contribution in [1.82, 2.24) is 10.2 Å². The third kappa shape index (κ3) is 3.51. The number of benzene rings is 1. The van der Waals surface area contributed by atoms with Gasteiger partial charge in [0.05, 0.1) is 20.3 Å². The summed E-state index contributed by atoms with van der Waals surface area (Å²) in [5, 5.41) is 1.84. The molecule has 2 rings (SSSR count). The number of rotatable bonds is 5. The van der Waals surface area contributed by atoms with Crippen LogP contribution in [0.4, 0.5) is 13.2 Å². The molecule has 1 heterocycles. The second kappa shape index (κ2) is 7.18. The first kappa shape index (κ1) is 18.2. The van der Waals surface area contributed by atoms with Gasteiger partial charge in [-0.05, 0) is 24.3 Å². The van der Waals surface area contributed by atoms with E-state index < -0.39 is 17.7 Å². The topological polar surface area (TPSA) is 67.9 Å². The molecule has 1 aromatic carbocycles. The number of alkyl halides is 3. The highest BCUT2D eigenvalue weighted by atomic mass is 19.4. The molecule has 132 valence electrons. The fourth-order valence-electron chi connectivity index (χ4n) is 2.40. The Balaban J connectivity index is 2.29. The largest absolute Gasteiger partial charge is 0.497 e. The number of ether oxygens (including phenoxy) is 2. The molecule has 1 unspecified atom stereocenters. The van der Waals surface area contributed by atoms with Gasteiger partial charge < -0.3 is 14.8 Å². The number of carbonyl (C=O) groups is 2. The van der Waals surface area contributed by atoms with Crippen LogP contribution >= 0.6 is 0 Å². The van der Waals surface area contributed by atoms with Crippen LogP contribution in [0, 0.1) is 0 Å². The lowest BCUT2D eigenvalue weighted by molar-refractivity contribution is -0.235. The normalized spacial score (nSPS) is 18.5. The Bertz CT molecular complexity index is 585. The Hall–Kier alpha value is -2.13. The molecule has 1 N–H and O–H groups in total. The van der Waals surface area contributed by atoms with Gasteiger partial charge in [0.15, 0.2) is 6.29 Å². The van der Waals surface area contributed by atoms with Gasteiger partial charge in [0.1, 0.15) is 5.75 Å². The zero-order valence-corrected chi connectivity index (χ0v) is 12.9. The van der Waals surface area contributed by atoms with Crippen molar-refractivity contribution in [1.29, 1.82) is 0 Å². The van der Waals surface area contributed by atoms with Crippen LogP contribution in [0.2, 0.25) is 0 Å². The molecule has 1 amide bonds. The van der Waals surface area contributed by atoms with Gasteiger partial charge >= 0.3 is 6.18 Å². The predicted molar refractivity (Wildman–Crippen MR) is 77.7 cm³/mol. The van der Waals surface area contributed by atoms with Crippen molar-refractivity contribution >= 4 is 12.2 Å². The van der Waals surface area contributed by atoms with Crippen LogP contribution in [0.3, 0.4) is 0 Å². The molecule has 9 heteroatoms. The lowest BCUT2D eigenvalue weighted by Crippen LogP contribution is -2.71. The Morgan fingerprint density at radius 2 is 1.83 bits per heavy atom. The molecule has 1 aromatic rings. The van der Waals surface area contributed by atoms with Crippen LogP contribution < -0.4 is 10.1 Å². The summed E-state index contributed by atoms with van der Waals surface area (Å²) in [7, 11) is 1.43. The Kier molecular flexibility index (Phi) is 5.45. The minimum absolute atomic E-state index is 0.0143. The Morgan fingerprint density at radius 1 is 1.25 bits per heavy atom. The quantitative estimate of drug-likeness (QED) is 0.812. The lowest BCUT2D eigenvalue weighted by Gasteiger charge is -2.42. The maximum Gasteiger partial charge on any atom is 0.432 e. The first-order valence-electron chi connectivity index (χ1n) is 7.16. The molecule has 1 atom stereocenters. The van der Waals surface area contributed by atoms with Crippen LogP contribution in [0.15, 0.2) is 24.3 Å². The number of carbonyl (C=O) groups excluding carboxylic acids is 2. The number of nitrogens with zero attached hydrogens (tertiary/aromatic N) is 1. The van der Waals surface area contributed by atoms with Gasteiger partial charge in [-0.25, -0.2) is 0 Å². The lowest BCUT2D eigenvalue weighted by atomic mass is 10.1. The molecule has 1 fully saturated rings. The predicted octanol–water partition coefficient (Wildman–Crippen LogP) is 1.21. The number of hydrogen-bond donors (Lipinski definition) is 1. The van der Waals surface area contributed by atoms with Crippen molar-refractivity contribution in [2.24, 2.45) is 0 Å². The highest BCUT2D eigenvalue weighted by molar-refractivity contribution is 5.96. The van der Waals surface area contributed by atoms with Crippen molar-refractivity contribution in [2.45, 2.75) is 11.8 Å². The van der Waals surface area contributed by atoms with Crippen LogP contribution in [-0.2, 0) is 9.53 Å². The van der Waals surface area contributed by atoms with E-state index in [1.165, 1.54) is 31.4 Å². The van der Waals surface area contributed by atoms with E-state index in [2.05, 4.69) is 0 Å². The van der Waals surface area contributed by atoms with E-state index in [0.717, 1.165) is 4.90 Å². The number of nitrogens with one attached hydrogen (secondary N) is 1. The van der Waals surface area contributed by atoms with E-state index in [0.29, 0.717) is 5.75 Å². The van der Waals surface area contributed by atoms with Gasteiger partial charge in [-0.3, -0.25) is 14.5 Å². The minimum Gasteiger partial charge on any atom is -0.497 e. The molecular formula is C15H17F3N2O4. The smallest absolute Gasteiger partial charge is 0.432 e. The Labute approximate surface area is 136 Å². The number of methoxy groups -OCH3 is 1. The van der Waals surface area contributed by atoms with Gasteiger partial charge in [-0.2, -0.15) is 13.2 Å². The van der Waals surface area contributed by atoms with Crippen molar-refractivity contribution in [3.05, 3.63) is 29.8 Å². The van der Waals surface area contributed by atoms with E-state index in [4.69, 9.17) is 9.47 Å². The maximum atomic E-state index is 13.6. The second-order valence-corrected chi connectivity index (χ2v) is 5.16. The monoisotopic (exact) mass is 346 g/mol. The molecule has 1 aliphatic rings. The standard InChI is InChI=1S/C15H17F3N2O4/c1-23-12-4-2-11(3-5-12)13(22)19-14(10-21,15(16,17)18)20-6-8-24-9-7-20/h2-5,10H,6-9H2,1H3,(H,19,22). The first-order chi connectivity index (χ1) is 11.3. The van der Waals surface area contributed by atoms with Crippen LogP contribution in [0.5, 0.6) is 5.75 Å². The maximum absolute atomic E-state index is 13.6.